The number of carbonyl (C=O) groups is 1. The van der Waals surface area contributed by atoms with E-state index in [0.29, 0.717) is 0 Å². The standard InChI is InChI=1S/C26H43N3O8Si2/c1-10-12-27-22(31)15-33-24-23-20(35-25(24)29-13-11-21(30)28-26(29)32)14-34-38(16(2)3,17(4)5)37-39(36-23,18(6)7)19(8)9/h1,11,13,16-20,23-25H,12,14-15H2,2-9H3,(H,27,31)(H,28,30,32)/t20-,23?,24+,25-/m1/s1. The second-order valence-electron chi connectivity index (χ2n) is 11.4. The van der Waals surface area contributed by atoms with Gasteiger partial charge in [0.25, 0.3) is 5.56 Å². The summed E-state index contributed by atoms with van der Waals surface area (Å²) in [4.78, 5) is 39.3. The molecule has 0 aliphatic carbocycles. The van der Waals surface area contributed by atoms with Crippen LogP contribution in [0.5, 0.6) is 0 Å². The molecule has 2 saturated heterocycles. The monoisotopic (exact) mass is 581 g/mol. The van der Waals surface area contributed by atoms with Crippen LogP contribution in [0.2, 0.25) is 22.2 Å². The lowest BCUT2D eigenvalue weighted by atomic mass is 10.1. The Bertz CT molecular complexity index is 1140. The second-order valence-corrected chi connectivity index (χ2v) is 20.2. The first-order valence-corrected chi connectivity index (χ1v) is 17.5. The topological polar surface area (TPSA) is 130 Å². The number of aromatic nitrogens is 2. The molecule has 39 heavy (non-hydrogen) atoms. The van der Waals surface area contributed by atoms with Gasteiger partial charge in [0.15, 0.2) is 6.23 Å². The van der Waals surface area contributed by atoms with Crippen molar-refractivity contribution in [1.29, 1.82) is 0 Å². The molecule has 218 valence electrons. The minimum atomic E-state index is -3.03. The summed E-state index contributed by atoms with van der Waals surface area (Å²) in [6.07, 6.45) is 3.46. The van der Waals surface area contributed by atoms with Gasteiger partial charge in [-0.2, -0.15) is 0 Å². The molecule has 2 N–H and O–H groups in total. The molecule has 0 saturated carbocycles. The number of hydrogen-bond acceptors (Lipinski definition) is 8. The Hall–Kier alpha value is -2.06. The fourth-order valence-electron chi connectivity index (χ4n) is 5.52. The predicted molar refractivity (Wildman–Crippen MR) is 151 cm³/mol. The molecule has 11 nitrogen and oxygen atoms in total. The van der Waals surface area contributed by atoms with Gasteiger partial charge in [-0.25, -0.2) is 4.79 Å². The molecule has 3 heterocycles. The summed E-state index contributed by atoms with van der Waals surface area (Å²) in [7, 11) is -5.85. The van der Waals surface area contributed by atoms with Crippen molar-refractivity contribution >= 4 is 23.0 Å². The van der Waals surface area contributed by atoms with Crippen LogP contribution in [0.1, 0.15) is 61.6 Å². The van der Waals surface area contributed by atoms with Gasteiger partial charge >= 0.3 is 22.8 Å². The van der Waals surface area contributed by atoms with Crippen molar-refractivity contribution in [3.8, 4) is 12.3 Å². The normalized spacial score (nSPS) is 26.3. The van der Waals surface area contributed by atoms with Gasteiger partial charge in [-0.15, -0.1) is 6.42 Å². The van der Waals surface area contributed by atoms with Gasteiger partial charge in [0.1, 0.15) is 24.9 Å². The molecule has 1 aromatic heterocycles. The highest BCUT2D eigenvalue weighted by atomic mass is 28.5. The maximum Gasteiger partial charge on any atom is 0.335 e. The van der Waals surface area contributed by atoms with Crippen LogP contribution >= 0.6 is 0 Å². The van der Waals surface area contributed by atoms with E-state index in [0.717, 1.165) is 0 Å². The highest BCUT2D eigenvalue weighted by molar-refractivity contribution is 6.84. The zero-order valence-corrected chi connectivity index (χ0v) is 26.2. The van der Waals surface area contributed by atoms with Crippen LogP contribution in [-0.4, -0.2) is 70.7 Å². The highest BCUT2D eigenvalue weighted by Crippen LogP contribution is 2.48. The molecule has 0 bridgehead atoms. The summed E-state index contributed by atoms with van der Waals surface area (Å²) in [5.74, 6) is 1.94. The molecular formula is C26H43N3O8Si2. The van der Waals surface area contributed by atoms with Crippen LogP contribution in [0.3, 0.4) is 0 Å². The molecule has 4 atom stereocenters. The van der Waals surface area contributed by atoms with Crippen molar-refractivity contribution in [2.75, 3.05) is 19.8 Å². The van der Waals surface area contributed by atoms with Crippen molar-refractivity contribution in [2.45, 2.75) is 102 Å². The van der Waals surface area contributed by atoms with Crippen molar-refractivity contribution < 1.29 is 27.2 Å². The fourth-order valence-corrected chi connectivity index (χ4v) is 16.7. The first kappa shape index (κ1) is 31.5. The number of terminal acetylenes is 1. The Morgan fingerprint density at radius 3 is 2.28 bits per heavy atom. The first-order valence-electron chi connectivity index (χ1n) is 13.6. The van der Waals surface area contributed by atoms with Crippen LogP contribution in [0, 0.1) is 12.3 Å². The van der Waals surface area contributed by atoms with Gasteiger partial charge in [0, 0.05) is 12.3 Å². The van der Waals surface area contributed by atoms with Gasteiger partial charge in [0.2, 0.25) is 5.91 Å². The molecule has 1 amide bonds. The SMILES string of the molecule is C#CCNC(=O)CO[C@H]1C2O[Si](C(C)C)(C(C)C)O[Si](C(C)C)(C(C)C)OC[C@H]2O[C@H]1n1ccc(=O)[nH]c1=O. The van der Waals surface area contributed by atoms with Crippen molar-refractivity contribution in [3.63, 3.8) is 0 Å². The van der Waals surface area contributed by atoms with E-state index in [1.165, 1.54) is 16.8 Å². The number of aromatic amines is 1. The molecule has 1 aromatic rings. The number of nitrogens with zero attached hydrogens (tertiary/aromatic N) is 1. The summed E-state index contributed by atoms with van der Waals surface area (Å²) < 4.78 is 34.9. The smallest absolute Gasteiger partial charge is 0.335 e. The van der Waals surface area contributed by atoms with Crippen molar-refractivity contribution in [2.24, 2.45) is 0 Å². The zero-order chi connectivity index (χ0) is 29.1. The Kier molecular flexibility index (Phi) is 10.2. The number of rotatable bonds is 9. The van der Waals surface area contributed by atoms with E-state index in [9.17, 15) is 14.4 Å². The largest absolute Gasteiger partial charge is 0.414 e. The maximum absolute atomic E-state index is 12.8. The molecule has 2 aliphatic rings. The fraction of sp³-hybridized carbons (Fsp3) is 0.731. The Morgan fingerprint density at radius 2 is 1.74 bits per heavy atom. The second kappa shape index (κ2) is 12.6. The van der Waals surface area contributed by atoms with E-state index >= 15 is 0 Å². The van der Waals surface area contributed by atoms with Crippen molar-refractivity contribution in [3.05, 3.63) is 33.1 Å². The number of H-pyrrole nitrogens is 1. The highest BCUT2D eigenvalue weighted by Gasteiger charge is 2.62. The third kappa shape index (κ3) is 6.32. The predicted octanol–water partition coefficient (Wildman–Crippen LogP) is 2.52. The van der Waals surface area contributed by atoms with Gasteiger partial charge in [-0.1, -0.05) is 61.3 Å². The number of amides is 1. The molecule has 2 aliphatic heterocycles. The molecule has 0 spiro atoms. The first-order chi connectivity index (χ1) is 18.3. The van der Waals surface area contributed by atoms with E-state index in [-0.39, 0.29) is 41.9 Å². The van der Waals surface area contributed by atoms with Crippen LogP contribution < -0.4 is 16.6 Å². The van der Waals surface area contributed by atoms with E-state index in [4.69, 9.17) is 28.9 Å². The van der Waals surface area contributed by atoms with Gasteiger partial charge in [0.05, 0.1) is 13.2 Å². The number of hydrogen-bond donors (Lipinski definition) is 2. The summed E-state index contributed by atoms with van der Waals surface area (Å²) in [6.45, 7) is 16.8. The summed E-state index contributed by atoms with van der Waals surface area (Å²) in [6, 6.07) is 1.24. The minimum Gasteiger partial charge on any atom is -0.414 e. The lowest BCUT2D eigenvalue weighted by Crippen LogP contribution is -2.66. The molecule has 3 rings (SSSR count). The average molecular weight is 582 g/mol. The Balaban J connectivity index is 2.11. The summed E-state index contributed by atoms with van der Waals surface area (Å²) >= 11 is 0. The minimum absolute atomic E-state index is 0.0543. The summed E-state index contributed by atoms with van der Waals surface area (Å²) in [5.41, 5.74) is -0.790. The molecule has 0 radical (unpaired) electrons. The van der Waals surface area contributed by atoms with Crippen LogP contribution in [0.25, 0.3) is 0 Å². The van der Waals surface area contributed by atoms with E-state index in [1.807, 2.05) is 0 Å². The van der Waals surface area contributed by atoms with Crippen LogP contribution in [0.15, 0.2) is 21.9 Å². The summed E-state index contributed by atoms with van der Waals surface area (Å²) in [5, 5.41) is 2.58. The lowest BCUT2D eigenvalue weighted by Gasteiger charge is -2.51. The van der Waals surface area contributed by atoms with Crippen LogP contribution in [0.4, 0.5) is 0 Å². The average Bonchev–Trinajstić information content (AvgIpc) is 3.16. The van der Waals surface area contributed by atoms with Crippen molar-refractivity contribution in [1.82, 2.24) is 14.9 Å². The molecule has 0 aromatic carbocycles. The molecular weight excluding hydrogens is 538 g/mol. The molecule has 1 unspecified atom stereocenters. The number of carbonyl (C=O) groups excluding carboxylic acids is 1. The Morgan fingerprint density at radius 1 is 1.13 bits per heavy atom. The zero-order valence-electron chi connectivity index (χ0n) is 24.2. The Labute approximate surface area is 232 Å². The van der Waals surface area contributed by atoms with Gasteiger partial charge in [-0.05, 0) is 22.2 Å². The van der Waals surface area contributed by atoms with E-state index in [1.54, 1.807) is 0 Å². The molecule has 13 heteroatoms. The van der Waals surface area contributed by atoms with Gasteiger partial charge < -0.3 is 27.8 Å². The third-order valence-corrected chi connectivity index (χ3v) is 17.8. The van der Waals surface area contributed by atoms with E-state index in [2.05, 4.69) is 71.6 Å². The number of ether oxygens (including phenoxy) is 2. The molecule has 2 fully saturated rings. The maximum atomic E-state index is 12.8. The number of fused-ring (bicyclic) bond motifs is 1. The third-order valence-electron chi connectivity index (χ3n) is 7.54. The van der Waals surface area contributed by atoms with Gasteiger partial charge in [-0.3, -0.25) is 19.1 Å². The lowest BCUT2D eigenvalue weighted by molar-refractivity contribution is -0.132. The van der Waals surface area contributed by atoms with Crippen LogP contribution in [-0.2, 0) is 27.2 Å². The number of nitrogens with one attached hydrogen (secondary N) is 2. The van der Waals surface area contributed by atoms with E-state index < -0.39 is 58.8 Å². The quantitative estimate of drug-likeness (QED) is 0.336.